The van der Waals surface area contributed by atoms with Crippen LogP contribution in [0.4, 0.5) is 0 Å². The van der Waals surface area contributed by atoms with Gasteiger partial charge in [-0.3, -0.25) is 4.79 Å². The maximum Gasteiger partial charge on any atom is 0.227 e. The average Bonchev–Trinajstić information content (AvgIpc) is 2.85. The molecule has 1 amide bonds. The number of hydrogen-bond donors (Lipinski definition) is 3. The molecule has 86 valence electrons. The van der Waals surface area contributed by atoms with Gasteiger partial charge in [0.25, 0.3) is 0 Å². The first-order valence-corrected chi connectivity index (χ1v) is 5.39. The Morgan fingerprint density at radius 3 is 2.80 bits per heavy atom. The van der Waals surface area contributed by atoms with Gasteiger partial charge in [0.05, 0.1) is 31.3 Å². The van der Waals surface area contributed by atoms with Gasteiger partial charge in [-0.25, -0.2) is 0 Å². The molecule has 2 atom stereocenters. The number of amides is 1. The van der Waals surface area contributed by atoms with Crippen molar-refractivity contribution in [2.45, 2.75) is 24.4 Å². The minimum atomic E-state index is -0.321. The van der Waals surface area contributed by atoms with Crippen LogP contribution in [0.15, 0.2) is 0 Å². The van der Waals surface area contributed by atoms with Crippen molar-refractivity contribution in [3.63, 3.8) is 0 Å². The second-order valence-corrected chi connectivity index (χ2v) is 4.47. The van der Waals surface area contributed by atoms with Gasteiger partial charge in [0.15, 0.2) is 0 Å². The second kappa shape index (κ2) is 4.08. The van der Waals surface area contributed by atoms with Crippen molar-refractivity contribution in [2.24, 2.45) is 5.92 Å². The average molecular weight is 214 g/mol. The van der Waals surface area contributed by atoms with Gasteiger partial charge < -0.3 is 20.5 Å². The summed E-state index contributed by atoms with van der Waals surface area (Å²) in [7, 11) is 1.83. The van der Waals surface area contributed by atoms with Gasteiger partial charge in [-0.2, -0.15) is 0 Å². The van der Waals surface area contributed by atoms with Crippen LogP contribution in [0.25, 0.3) is 0 Å². The molecule has 0 aromatic heterocycles. The first-order valence-electron chi connectivity index (χ1n) is 5.39. The molecule has 5 heteroatoms. The molecular formula is C10H18N2O3. The van der Waals surface area contributed by atoms with Crippen LogP contribution >= 0.6 is 0 Å². The molecule has 0 aromatic carbocycles. The van der Waals surface area contributed by atoms with E-state index in [0.29, 0.717) is 13.2 Å². The van der Waals surface area contributed by atoms with Crippen LogP contribution < -0.4 is 10.6 Å². The molecule has 2 aliphatic rings. The zero-order chi connectivity index (χ0) is 10.9. The Morgan fingerprint density at radius 2 is 2.27 bits per heavy atom. The summed E-state index contributed by atoms with van der Waals surface area (Å²) in [6.07, 6.45) is 1.76. The third-order valence-electron chi connectivity index (χ3n) is 3.33. The van der Waals surface area contributed by atoms with E-state index < -0.39 is 0 Å². The van der Waals surface area contributed by atoms with Crippen LogP contribution in [0, 0.1) is 5.92 Å². The van der Waals surface area contributed by atoms with Gasteiger partial charge >= 0.3 is 0 Å². The van der Waals surface area contributed by atoms with Crippen LogP contribution in [-0.4, -0.2) is 49.5 Å². The minimum absolute atomic E-state index is 0.00148. The molecule has 2 rings (SSSR count). The molecule has 3 N–H and O–H groups in total. The van der Waals surface area contributed by atoms with Crippen molar-refractivity contribution in [2.75, 3.05) is 26.9 Å². The number of ether oxygens (including phenoxy) is 1. The Balaban J connectivity index is 1.90. The molecule has 1 aliphatic heterocycles. The van der Waals surface area contributed by atoms with E-state index in [2.05, 4.69) is 10.6 Å². The number of hydrogen-bond acceptors (Lipinski definition) is 4. The first-order chi connectivity index (χ1) is 7.21. The number of carbonyl (C=O) groups excluding carboxylic acids is 1. The lowest BCUT2D eigenvalue weighted by Crippen LogP contribution is -2.48. The van der Waals surface area contributed by atoms with E-state index in [-0.39, 0.29) is 30.0 Å². The summed E-state index contributed by atoms with van der Waals surface area (Å²) in [5.41, 5.74) is -0.321. The van der Waals surface area contributed by atoms with Crippen LogP contribution in [0.1, 0.15) is 12.8 Å². The van der Waals surface area contributed by atoms with Crippen molar-refractivity contribution in [3.05, 3.63) is 0 Å². The van der Waals surface area contributed by atoms with Gasteiger partial charge in [-0.05, 0) is 19.9 Å². The highest BCUT2D eigenvalue weighted by Gasteiger charge is 2.45. The number of likely N-dealkylation sites (N-methyl/N-ethyl adjacent to an activating group) is 1. The maximum atomic E-state index is 11.9. The van der Waals surface area contributed by atoms with Gasteiger partial charge in [0, 0.05) is 6.04 Å². The zero-order valence-electron chi connectivity index (χ0n) is 8.95. The van der Waals surface area contributed by atoms with E-state index in [0.717, 1.165) is 12.8 Å². The molecule has 0 aromatic rings. The van der Waals surface area contributed by atoms with Gasteiger partial charge in [0.2, 0.25) is 5.91 Å². The Kier molecular flexibility index (Phi) is 2.95. The second-order valence-electron chi connectivity index (χ2n) is 4.47. The predicted molar refractivity (Wildman–Crippen MR) is 54.4 cm³/mol. The number of aliphatic hydroxyl groups is 1. The molecule has 1 saturated carbocycles. The Labute approximate surface area is 89.2 Å². The first kappa shape index (κ1) is 10.9. The van der Waals surface area contributed by atoms with Gasteiger partial charge in [-0.15, -0.1) is 0 Å². The largest absolute Gasteiger partial charge is 0.394 e. The fourth-order valence-corrected chi connectivity index (χ4v) is 1.92. The van der Waals surface area contributed by atoms with Crippen molar-refractivity contribution >= 4 is 5.91 Å². The maximum absolute atomic E-state index is 11.9. The van der Waals surface area contributed by atoms with Crippen LogP contribution in [0.2, 0.25) is 0 Å². The van der Waals surface area contributed by atoms with E-state index in [1.807, 2.05) is 7.05 Å². The lowest BCUT2D eigenvalue weighted by Gasteiger charge is -2.20. The zero-order valence-corrected chi connectivity index (χ0v) is 8.95. The topological polar surface area (TPSA) is 70.6 Å². The standard InChI is InChI=1S/C10H18N2O3/c1-11-8-5-15-4-7(8)9(14)12-10(6-13)2-3-10/h7-8,11,13H,2-6H2,1H3,(H,12,14). The lowest BCUT2D eigenvalue weighted by atomic mass is 10.0. The summed E-state index contributed by atoms with van der Waals surface area (Å²) in [5, 5.41) is 15.1. The summed E-state index contributed by atoms with van der Waals surface area (Å²) in [5.74, 6) is -0.127. The van der Waals surface area contributed by atoms with E-state index in [9.17, 15) is 4.79 Å². The normalized spacial score (nSPS) is 32.7. The van der Waals surface area contributed by atoms with Gasteiger partial charge in [-0.1, -0.05) is 0 Å². The summed E-state index contributed by atoms with van der Waals surface area (Å²) in [6, 6.07) is 0.0968. The molecule has 15 heavy (non-hydrogen) atoms. The lowest BCUT2D eigenvalue weighted by molar-refractivity contribution is -0.126. The van der Waals surface area contributed by atoms with Crippen molar-refractivity contribution in [3.8, 4) is 0 Å². The monoisotopic (exact) mass is 214 g/mol. The molecule has 5 nitrogen and oxygen atoms in total. The van der Waals surface area contributed by atoms with Crippen LogP contribution in [-0.2, 0) is 9.53 Å². The molecular weight excluding hydrogens is 196 g/mol. The third-order valence-corrected chi connectivity index (χ3v) is 3.33. The molecule has 1 aliphatic carbocycles. The van der Waals surface area contributed by atoms with Crippen molar-refractivity contribution < 1.29 is 14.6 Å². The Bertz CT molecular complexity index is 253. The number of carbonyl (C=O) groups is 1. The SMILES string of the molecule is CNC1COCC1C(=O)NC1(CO)CC1. The van der Waals surface area contributed by atoms with Crippen LogP contribution in [0.3, 0.4) is 0 Å². The van der Waals surface area contributed by atoms with E-state index in [1.54, 1.807) is 0 Å². The van der Waals surface area contributed by atoms with Gasteiger partial charge in [0.1, 0.15) is 0 Å². The molecule has 2 unspecified atom stereocenters. The molecule has 1 saturated heterocycles. The van der Waals surface area contributed by atoms with E-state index in [4.69, 9.17) is 9.84 Å². The molecule has 0 radical (unpaired) electrons. The van der Waals surface area contributed by atoms with Crippen LogP contribution in [0.5, 0.6) is 0 Å². The number of rotatable bonds is 4. The molecule has 0 bridgehead atoms. The highest BCUT2D eigenvalue weighted by atomic mass is 16.5. The highest BCUT2D eigenvalue weighted by molar-refractivity contribution is 5.81. The third kappa shape index (κ3) is 2.14. The van der Waals surface area contributed by atoms with E-state index >= 15 is 0 Å². The molecule has 0 spiro atoms. The van der Waals surface area contributed by atoms with Crippen molar-refractivity contribution in [1.82, 2.24) is 10.6 Å². The minimum Gasteiger partial charge on any atom is -0.394 e. The summed E-state index contributed by atoms with van der Waals surface area (Å²) in [6.45, 7) is 1.09. The fraction of sp³-hybridized carbons (Fsp3) is 0.900. The Hall–Kier alpha value is -0.650. The summed E-state index contributed by atoms with van der Waals surface area (Å²) >= 11 is 0. The smallest absolute Gasteiger partial charge is 0.227 e. The fourth-order valence-electron chi connectivity index (χ4n) is 1.92. The molecule has 2 fully saturated rings. The predicted octanol–water partition coefficient (Wildman–Crippen LogP) is -1.14. The summed E-state index contributed by atoms with van der Waals surface area (Å²) < 4.78 is 5.26. The Morgan fingerprint density at radius 1 is 1.53 bits per heavy atom. The van der Waals surface area contributed by atoms with E-state index in [1.165, 1.54) is 0 Å². The highest BCUT2D eigenvalue weighted by Crippen LogP contribution is 2.35. The number of nitrogens with one attached hydrogen (secondary N) is 2. The molecule has 1 heterocycles. The number of aliphatic hydroxyl groups excluding tert-OH is 1. The quantitative estimate of drug-likeness (QED) is 0.553. The van der Waals surface area contributed by atoms with Crippen molar-refractivity contribution in [1.29, 1.82) is 0 Å². The summed E-state index contributed by atoms with van der Waals surface area (Å²) in [4.78, 5) is 11.9.